The molecule has 1 aromatic heterocycles. The van der Waals surface area contributed by atoms with Crippen LogP contribution in [0.4, 0.5) is 13.2 Å². The summed E-state index contributed by atoms with van der Waals surface area (Å²) in [4.78, 5) is 15.3. The maximum Gasteiger partial charge on any atom is 0.416 e. The lowest BCUT2D eigenvalue weighted by Crippen LogP contribution is -2.30. The number of ether oxygens (including phenoxy) is 2. The monoisotopic (exact) mass is 441 g/mol. The van der Waals surface area contributed by atoms with E-state index < -0.39 is 23.6 Å². The SMILES string of the molecule is Cc1oc(-c2cccc(C(F)(F)F)c2)nc1CO[C@H]1CCC[C@@H](OCC(C)C(=O)O)C1. The summed E-state index contributed by atoms with van der Waals surface area (Å²) in [5.74, 6) is -0.837. The lowest BCUT2D eigenvalue weighted by Gasteiger charge is -2.29. The second kappa shape index (κ2) is 9.82. The summed E-state index contributed by atoms with van der Waals surface area (Å²) in [6.07, 6.45) is -1.29. The van der Waals surface area contributed by atoms with E-state index in [1.807, 2.05) is 0 Å². The third-order valence-corrected chi connectivity index (χ3v) is 5.37. The van der Waals surface area contributed by atoms with Crippen LogP contribution < -0.4 is 0 Å². The number of carboxylic acid groups (broad SMARTS) is 1. The molecule has 3 atom stereocenters. The molecule has 1 heterocycles. The van der Waals surface area contributed by atoms with Crippen molar-refractivity contribution in [1.29, 1.82) is 0 Å². The van der Waals surface area contributed by atoms with Crippen molar-refractivity contribution in [3.63, 3.8) is 0 Å². The topological polar surface area (TPSA) is 81.8 Å². The number of aliphatic carboxylic acids is 1. The first-order valence-electron chi connectivity index (χ1n) is 10.2. The number of carboxylic acids is 1. The van der Waals surface area contributed by atoms with Gasteiger partial charge in [-0.25, -0.2) is 4.98 Å². The van der Waals surface area contributed by atoms with Crippen LogP contribution >= 0.6 is 0 Å². The number of carbonyl (C=O) groups is 1. The minimum absolute atomic E-state index is 0.0559. The van der Waals surface area contributed by atoms with Crippen LogP contribution in [0.5, 0.6) is 0 Å². The van der Waals surface area contributed by atoms with Crippen LogP contribution in [0.2, 0.25) is 0 Å². The van der Waals surface area contributed by atoms with Crippen LogP contribution in [-0.2, 0) is 27.1 Å². The average molecular weight is 441 g/mol. The number of aromatic nitrogens is 1. The normalized spacial score (nSPS) is 20.5. The largest absolute Gasteiger partial charge is 0.481 e. The number of benzene rings is 1. The molecule has 0 radical (unpaired) electrons. The van der Waals surface area contributed by atoms with Gasteiger partial charge in [0.05, 0.1) is 36.9 Å². The predicted octanol–water partition coefficient (Wildman–Crippen LogP) is 5.23. The summed E-state index contributed by atoms with van der Waals surface area (Å²) in [6.45, 7) is 3.64. The van der Waals surface area contributed by atoms with Crippen molar-refractivity contribution in [3.8, 4) is 11.5 Å². The maximum absolute atomic E-state index is 13.0. The fraction of sp³-hybridized carbons (Fsp3) is 0.545. The molecular weight excluding hydrogens is 415 g/mol. The van der Waals surface area contributed by atoms with Gasteiger partial charge in [-0.15, -0.1) is 0 Å². The van der Waals surface area contributed by atoms with E-state index in [0.29, 0.717) is 17.9 Å². The summed E-state index contributed by atoms with van der Waals surface area (Å²) in [5.41, 5.74) is 0.0296. The zero-order valence-electron chi connectivity index (χ0n) is 17.4. The second-order valence-electron chi connectivity index (χ2n) is 7.89. The number of nitrogens with zero attached hydrogens (tertiary/aromatic N) is 1. The molecule has 2 aromatic rings. The van der Waals surface area contributed by atoms with E-state index >= 15 is 0 Å². The van der Waals surface area contributed by atoms with Crippen molar-refractivity contribution in [1.82, 2.24) is 4.98 Å². The fourth-order valence-corrected chi connectivity index (χ4v) is 3.47. The Labute approximate surface area is 178 Å². The van der Waals surface area contributed by atoms with E-state index in [9.17, 15) is 18.0 Å². The first-order valence-corrected chi connectivity index (χ1v) is 10.2. The smallest absolute Gasteiger partial charge is 0.416 e. The quantitative estimate of drug-likeness (QED) is 0.604. The van der Waals surface area contributed by atoms with E-state index in [2.05, 4.69) is 4.98 Å². The Balaban J connectivity index is 1.58. The van der Waals surface area contributed by atoms with Gasteiger partial charge in [0.15, 0.2) is 0 Å². The summed E-state index contributed by atoms with van der Waals surface area (Å²) in [6, 6.07) is 4.85. The van der Waals surface area contributed by atoms with Gasteiger partial charge in [0.25, 0.3) is 0 Å². The molecule has 0 amide bonds. The molecule has 31 heavy (non-hydrogen) atoms. The molecule has 0 spiro atoms. The molecule has 1 aliphatic carbocycles. The molecule has 1 N–H and O–H groups in total. The Morgan fingerprint density at radius 1 is 1.29 bits per heavy atom. The minimum Gasteiger partial charge on any atom is -0.481 e. The zero-order valence-corrected chi connectivity index (χ0v) is 17.4. The van der Waals surface area contributed by atoms with E-state index in [1.54, 1.807) is 13.8 Å². The minimum atomic E-state index is -4.44. The van der Waals surface area contributed by atoms with Crippen molar-refractivity contribution in [2.75, 3.05) is 6.61 Å². The van der Waals surface area contributed by atoms with Crippen LogP contribution in [0.3, 0.4) is 0 Å². The lowest BCUT2D eigenvalue weighted by molar-refractivity contribution is -0.144. The van der Waals surface area contributed by atoms with Gasteiger partial charge >= 0.3 is 12.1 Å². The van der Waals surface area contributed by atoms with Crippen LogP contribution in [0.1, 0.15) is 49.6 Å². The van der Waals surface area contributed by atoms with Crippen LogP contribution in [0, 0.1) is 12.8 Å². The van der Waals surface area contributed by atoms with Gasteiger partial charge in [0.2, 0.25) is 5.89 Å². The van der Waals surface area contributed by atoms with E-state index in [4.69, 9.17) is 19.0 Å². The standard InChI is InChI=1S/C22H26F3NO5/c1-13(21(27)28)11-29-17-7-4-8-18(10-17)30-12-19-14(2)31-20(26-19)15-5-3-6-16(9-15)22(23,24)25/h3,5-6,9,13,17-18H,4,7-8,10-12H2,1-2H3,(H,27,28)/t13?,17-,18+/m1/s1. The van der Waals surface area contributed by atoms with Crippen molar-refractivity contribution >= 4 is 5.97 Å². The van der Waals surface area contributed by atoms with Crippen molar-refractivity contribution in [2.45, 2.75) is 64.5 Å². The summed E-state index contributed by atoms with van der Waals surface area (Å²) >= 11 is 0. The van der Waals surface area contributed by atoms with Crippen molar-refractivity contribution in [3.05, 3.63) is 41.3 Å². The highest BCUT2D eigenvalue weighted by Crippen LogP contribution is 2.32. The Morgan fingerprint density at radius 3 is 2.68 bits per heavy atom. The van der Waals surface area contributed by atoms with Crippen LogP contribution in [0.25, 0.3) is 11.5 Å². The number of rotatable bonds is 8. The van der Waals surface area contributed by atoms with Crippen LogP contribution in [-0.4, -0.2) is 34.9 Å². The summed E-state index contributed by atoms with van der Waals surface area (Å²) < 4.78 is 56.1. The summed E-state index contributed by atoms with van der Waals surface area (Å²) in [7, 11) is 0. The Bertz CT molecular complexity index is 896. The van der Waals surface area contributed by atoms with E-state index in [0.717, 1.165) is 31.4 Å². The Hall–Kier alpha value is -2.39. The molecule has 1 aliphatic rings. The van der Waals surface area contributed by atoms with Gasteiger partial charge in [-0.1, -0.05) is 6.07 Å². The zero-order chi connectivity index (χ0) is 22.6. The third kappa shape index (κ3) is 6.30. The van der Waals surface area contributed by atoms with Gasteiger partial charge in [0, 0.05) is 5.56 Å². The molecule has 6 nitrogen and oxygen atoms in total. The number of aryl methyl sites for hydroxylation is 1. The number of alkyl halides is 3. The first-order chi connectivity index (χ1) is 14.6. The molecule has 1 fully saturated rings. The third-order valence-electron chi connectivity index (χ3n) is 5.37. The van der Waals surface area contributed by atoms with Crippen LogP contribution in [0.15, 0.2) is 28.7 Å². The summed E-state index contributed by atoms with van der Waals surface area (Å²) in [5, 5.41) is 8.96. The molecule has 3 rings (SSSR count). The van der Waals surface area contributed by atoms with E-state index in [1.165, 1.54) is 12.1 Å². The molecule has 1 unspecified atom stereocenters. The number of hydrogen-bond acceptors (Lipinski definition) is 5. The molecular formula is C22H26F3NO5. The maximum atomic E-state index is 13.0. The lowest BCUT2D eigenvalue weighted by atomic mass is 9.94. The van der Waals surface area contributed by atoms with Gasteiger partial charge in [-0.2, -0.15) is 13.2 Å². The fourth-order valence-electron chi connectivity index (χ4n) is 3.47. The van der Waals surface area contributed by atoms with Gasteiger partial charge in [0.1, 0.15) is 11.5 Å². The molecule has 0 aliphatic heterocycles. The van der Waals surface area contributed by atoms with E-state index in [-0.39, 0.29) is 36.9 Å². The number of oxazole rings is 1. The number of hydrogen-bond donors (Lipinski definition) is 1. The molecule has 0 bridgehead atoms. The highest BCUT2D eigenvalue weighted by Gasteiger charge is 2.31. The average Bonchev–Trinajstić information content (AvgIpc) is 3.11. The Kier molecular flexibility index (Phi) is 7.38. The molecule has 1 saturated carbocycles. The highest BCUT2D eigenvalue weighted by atomic mass is 19.4. The number of halogens is 3. The Morgan fingerprint density at radius 2 is 2.00 bits per heavy atom. The highest BCUT2D eigenvalue weighted by molar-refractivity contribution is 5.69. The van der Waals surface area contributed by atoms with Crippen molar-refractivity contribution in [2.24, 2.45) is 5.92 Å². The van der Waals surface area contributed by atoms with Gasteiger partial charge in [-0.05, 0) is 57.7 Å². The second-order valence-corrected chi connectivity index (χ2v) is 7.89. The first kappa shape index (κ1) is 23.3. The molecule has 1 aromatic carbocycles. The molecule has 9 heteroatoms. The van der Waals surface area contributed by atoms with Gasteiger partial charge < -0.3 is 19.0 Å². The molecule has 170 valence electrons. The molecule has 0 saturated heterocycles. The predicted molar refractivity (Wildman–Crippen MR) is 105 cm³/mol. The van der Waals surface area contributed by atoms with Crippen molar-refractivity contribution < 1.29 is 37.0 Å². The van der Waals surface area contributed by atoms with Gasteiger partial charge in [-0.3, -0.25) is 4.79 Å².